The van der Waals surface area contributed by atoms with Gasteiger partial charge in [-0.25, -0.2) is 8.42 Å². The maximum atomic E-state index is 13.1. The van der Waals surface area contributed by atoms with Crippen LogP contribution in [0.3, 0.4) is 0 Å². The van der Waals surface area contributed by atoms with Crippen LogP contribution in [0.4, 0.5) is 0 Å². The van der Waals surface area contributed by atoms with Gasteiger partial charge < -0.3 is 9.64 Å². The Bertz CT molecular complexity index is 738. The largest absolute Gasteiger partial charge is 0.368 e. The van der Waals surface area contributed by atoms with E-state index in [1.165, 1.54) is 4.31 Å². The monoisotopic (exact) mass is 366 g/mol. The van der Waals surface area contributed by atoms with E-state index in [2.05, 4.69) is 0 Å². The van der Waals surface area contributed by atoms with E-state index in [0.29, 0.717) is 37.7 Å². The molecule has 6 nitrogen and oxygen atoms in total. The fraction of sp³-hybridized carbons (Fsp3) is 0.611. The van der Waals surface area contributed by atoms with Crippen molar-refractivity contribution in [3.05, 3.63) is 28.8 Å². The van der Waals surface area contributed by atoms with Crippen molar-refractivity contribution < 1.29 is 17.9 Å². The van der Waals surface area contributed by atoms with E-state index in [-0.39, 0.29) is 12.0 Å². The number of hydrogen-bond donors (Lipinski definition) is 0. The SMILES string of the molecule is Cc1cc(C)c(S(=O)(=O)N2CCN(C(=O)[C@H]3CCCO3)CC2)c(C)c1. The van der Waals surface area contributed by atoms with Crippen LogP contribution < -0.4 is 0 Å². The van der Waals surface area contributed by atoms with Crippen molar-refractivity contribution in [2.24, 2.45) is 0 Å². The number of carbonyl (C=O) groups is 1. The van der Waals surface area contributed by atoms with Crippen LogP contribution in [0, 0.1) is 20.8 Å². The van der Waals surface area contributed by atoms with Crippen LogP contribution in [-0.4, -0.2) is 62.4 Å². The minimum Gasteiger partial charge on any atom is -0.368 e. The number of aryl methyl sites for hydroxylation is 3. The van der Waals surface area contributed by atoms with E-state index in [0.717, 1.165) is 29.5 Å². The number of hydrogen-bond acceptors (Lipinski definition) is 4. The maximum Gasteiger partial charge on any atom is 0.251 e. The lowest BCUT2D eigenvalue weighted by Crippen LogP contribution is -2.52. The number of amides is 1. The van der Waals surface area contributed by atoms with Crippen molar-refractivity contribution in [1.29, 1.82) is 0 Å². The van der Waals surface area contributed by atoms with Gasteiger partial charge in [0.25, 0.3) is 5.91 Å². The van der Waals surface area contributed by atoms with E-state index >= 15 is 0 Å². The Labute approximate surface area is 149 Å². The highest BCUT2D eigenvalue weighted by atomic mass is 32.2. The molecule has 138 valence electrons. The highest BCUT2D eigenvalue weighted by molar-refractivity contribution is 7.89. The summed E-state index contributed by atoms with van der Waals surface area (Å²) in [5.41, 5.74) is 2.60. The van der Waals surface area contributed by atoms with Gasteiger partial charge in [-0.3, -0.25) is 4.79 Å². The van der Waals surface area contributed by atoms with Crippen molar-refractivity contribution in [3.8, 4) is 0 Å². The smallest absolute Gasteiger partial charge is 0.251 e. The molecule has 2 aliphatic rings. The van der Waals surface area contributed by atoms with Crippen molar-refractivity contribution >= 4 is 15.9 Å². The standard InChI is InChI=1S/C18H26N2O4S/c1-13-11-14(2)17(15(3)12-13)25(22,23)20-8-6-19(7-9-20)18(21)16-5-4-10-24-16/h11-12,16H,4-10H2,1-3H3/t16-/m1/s1. The zero-order chi connectivity index (χ0) is 18.2. The van der Waals surface area contributed by atoms with Crippen LogP contribution in [0.2, 0.25) is 0 Å². The Morgan fingerprint density at radius 1 is 1.08 bits per heavy atom. The summed E-state index contributed by atoms with van der Waals surface area (Å²) < 4.78 is 33.1. The van der Waals surface area contributed by atoms with Gasteiger partial charge in [0.1, 0.15) is 6.10 Å². The summed E-state index contributed by atoms with van der Waals surface area (Å²) in [6, 6.07) is 3.80. The minimum atomic E-state index is -3.54. The summed E-state index contributed by atoms with van der Waals surface area (Å²) in [4.78, 5) is 14.5. The third kappa shape index (κ3) is 3.59. The fourth-order valence-corrected chi connectivity index (χ4v) is 5.66. The molecular formula is C18H26N2O4S. The van der Waals surface area contributed by atoms with Crippen molar-refractivity contribution in [2.75, 3.05) is 32.8 Å². The molecule has 2 fully saturated rings. The average Bonchev–Trinajstić information content (AvgIpc) is 3.07. The first kappa shape index (κ1) is 18.4. The van der Waals surface area contributed by atoms with Crippen LogP contribution >= 0.6 is 0 Å². The summed E-state index contributed by atoms with van der Waals surface area (Å²) in [6.07, 6.45) is 1.33. The second-order valence-electron chi connectivity index (χ2n) is 6.96. The molecule has 0 unspecified atom stereocenters. The van der Waals surface area contributed by atoms with Crippen LogP contribution in [-0.2, 0) is 19.6 Å². The van der Waals surface area contributed by atoms with Gasteiger partial charge in [0.2, 0.25) is 10.0 Å². The third-order valence-corrected chi connectivity index (χ3v) is 7.16. The van der Waals surface area contributed by atoms with E-state index in [4.69, 9.17) is 4.74 Å². The van der Waals surface area contributed by atoms with Gasteiger partial charge >= 0.3 is 0 Å². The molecule has 3 rings (SSSR count). The maximum absolute atomic E-state index is 13.1. The number of rotatable bonds is 3. The zero-order valence-electron chi connectivity index (χ0n) is 15.1. The van der Waals surface area contributed by atoms with Crippen molar-refractivity contribution in [1.82, 2.24) is 9.21 Å². The van der Waals surface area contributed by atoms with Gasteiger partial charge in [-0.05, 0) is 44.7 Å². The van der Waals surface area contributed by atoms with Crippen LogP contribution in [0.5, 0.6) is 0 Å². The quantitative estimate of drug-likeness (QED) is 0.815. The minimum absolute atomic E-state index is 0.00255. The number of benzene rings is 1. The number of ether oxygens (including phenoxy) is 1. The highest BCUT2D eigenvalue weighted by Crippen LogP contribution is 2.26. The molecular weight excluding hydrogens is 340 g/mol. The van der Waals surface area contributed by atoms with Crippen LogP contribution in [0.15, 0.2) is 17.0 Å². The predicted octanol–water partition coefficient (Wildman–Crippen LogP) is 1.62. The second-order valence-corrected chi connectivity index (χ2v) is 8.83. The van der Waals surface area contributed by atoms with E-state index < -0.39 is 10.0 Å². The molecule has 1 atom stereocenters. The Balaban J connectivity index is 1.73. The predicted molar refractivity (Wildman–Crippen MR) is 95.0 cm³/mol. The van der Waals surface area contributed by atoms with E-state index in [1.807, 2.05) is 32.9 Å². The van der Waals surface area contributed by atoms with Crippen LogP contribution in [0.25, 0.3) is 0 Å². The first-order valence-corrected chi connectivity index (χ1v) is 10.2. The molecule has 2 heterocycles. The number of piperazine rings is 1. The van der Waals surface area contributed by atoms with E-state index in [9.17, 15) is 13.2 Å². The van der Waals surface area contributed by atoms with Gasteiger partial charge in [-0.1, -0.05) is 17.7 Å². The molecule has 1 aromatic rings. The van der Waals surface area contributed by atoms with E-state index in [1.54, 1.807) is 4.90 Å². The molecule has 0 aromatic heterocycles. The Morgan fingerprint density at radius 3 is 2.20 bits per heavy atom. The summed E-state index contributed by atoms with van der Waals surface area (Å²) in [5, 5.41) is 0. The van der Waals surface area contributed by atoms with Crippen LogP contribution in [0.1, 0.15) is 29.5 Å². The lowest BCUT2D eigenvalue weighted by molar-refractivity contribution is -0.142. The first-order valence-electron chi connectivity index (χ1n) is 8.79. The molecule has 1 aromatic carbocycles. The number of sulfonamides is 1. The summed E-state index contributed by atoms with van der Waals surface area (Å²) in [5.74, 6) is -0.00255. The second kappa shape index (κ2) is 7.05. The van der Waals surface area contributed by atoms with Gasteiger partial charge in [-0.2, -0.15) is 4.31 Å². The summed E-state index contributed by atoms with van der Waals surface area (Å²) >= 11 is 0. The highest BCUT2D eigenvalue weighted by Gasteiger charge is 2.35. The molecule has 0 spiro atoms. The zero-order valence-corrected chi connectivity index (χ0v) is 15.9. The average molecular weight is 366 g/mol. The lowest BCUT2D eigenvalue weighted by Gasteiger charge is -2.35. The molecule has 25 heavy (non-hydrogen) atoms. The molecule has 2 saturated heterocycles. The van der Waals surface area contributed by atoms with Gasteiger partial charge in [-0.15, -0.1) is 0 Å². The molecule has 0 aliphatic carbocycles. The Kier molecular flexibility index (Phi) is 5.18. The van der Waals surface area contributed by atoms with Crippen molar-refractivity contribution in [3.63, 3.8) is 0 Å². The topological polar surface area (TPSA) is 66.9 Å². The van der Waals surface area contributed by atoms with Crippen molar-refractivity contribution in [2.45, 2.75) is 44.6 Å². The molecule has 0 radical (unpaired) electrons. The van der Waals surface area contributed by atoms with Gasteiger partial charge in [0, 0.05) is 32.8 Å². The molecule has 2 aliphatic heterocycles. The fourth-order valence-electron chi connectivity index (χ4n) is 3.83. The third-order valence-electron chi connectivity index (χ3n) is 4.96. The van der Waals surface area contributed by atoms with Gasteiger partial charge in [0.15, 0.2) is 0 Å². The summed E-state index contributed by atoms with van der Waals surface area (Å²) in [7, 11) is -3.54. The first-order chi connectivity index (χ1) is 11.8. The number of carbonyl (C=O) groups excluding carboxylic acids is 1. The molecule has 1 amide bonds. The molecule has 0 saturated carbocycles. The molecule has 0 N–H and O–H groups in total. The number of nitrogens with zero attached hydrogens (tertiary/aromatic N) is 2. The Hall–Kier alpha value is -1.44. The molecule has 7 heteroatoms. The molecule has 0 bridgehead atoms. The lowest BCUT2D eigenvalue weighted by atomic mass is 10.1. The summed E-state index contributed by atoms with van der Waals surface area (Å²) in [6.45, 7) is 7.77. The van der Waals surface area contributed by atoms with Gasteiger partial charge in [0.05, 0.1) is 4.90 Å². The Morgan fingerprint density at radius 2 is 1.68 bits per heavy atom. The normalized spacial score (nSPS) is 22.4.